The molecule has 2 fully saturated rings. The fourth-order valence-electron chi connectivity index (χ4n) is 4.96. The van der Waals surface area contributed by atoms with Gasteiger partial charge in [-0.15, -0.1) is 0 Å². The first-order valence-electron chi connectivity index (χ1n) is 11.7. The van der Waals surface area contributed by atoms with Crippen LogP contribution in [0, 0.1) is 5.82 Å². The number of benzene rings is 2. The van der Waals surface area contributed by atoms with Crippen molar-refractivity contribution in [2.24, 2.45) is 0 Å². The summed E-state index contributed by atoms with van der Waals surface area (Å²) in [6.45, 7) is 6.17. The molecule has 5 rings (SSSR count). The Bertz CT molecular complexity index is 1380. The molecule has 2 unspecified atom stereocenters. The Morgan fingerprint density at radius 1 is 1.09 bits per heavy atom. The van der Waals surface area contributed by atoms with Crippen molar-refractivity contribution in [2.75, 3.05) is 13.1 Å². The second-order valence-electron chi connectivity index (χ2n) is 10.2. The van der Waals surface area contributed by atoms with Gasteiger partial charge in [0.1, 0.15) is 11.4 Å². The van der Waals surface area contributed by atoms with Gasteiger partial charge < -0.3 is 14.5 Å². The van der Waals surface area contributed by atoms with E-state index in [9.17, 15) is 18.8 Å². The van der Waals surface area contributed by atoms with Crippen molar-refractivity contribution in [3.05, 3.63) is 75.5 Å². The molecule has 9 heteroatoms. The smallest absolute Gasteiger partial charge is 0.410 e. The number of H-pyrrole nitrogens is 1. The lowest BCUT2D eigenvalue weighted by Gasteiger charge is -2.35. The molecule has 182 valence electrons. The Labute approximate surface area is 201 Å². The van der Waals surface area contributed by atoms with Crippen molar-refractivity contribution in [3.8, 4) is 0 Å². The Morgan fingerprint density at radius 2 is 1.77 bits per heavy atom. The number of aromatic nitrogens is 2. The minimum absolute atomic E-state index is 0.00685. The largest absolute Gasteiger partial charge is 0.444 e. The highest BCUT2D eigenvalue weighted by atomic mass is 19.1. The number of nitrogens with one attached hydrogen (secondary N) is 1. The average Bonchev–Trinajstić information content (AvgIpc) is 3.42. The van der Waals surface area contributed by atoms with Crippen molar-refractivity contribution in [1.82, 2.24) is 20.0 Å². The van der Waals surface area contributed by atoms with E-state index >= 15 is 0 Å². The molecule has 1 aromatic heterocycles. The number of fused-ring (bicyclic) bond motifs is 3. The highest BCUT2D eigenvalue weighted by molar-refractivity contribution is 5.95. The fourth-order valence-corrected chi connectivity index (χ4v) is 4.96. The van der Waals surface area contributed by atoms with Crippen molar-refractivity contribution < 1.29 is 18.7 Å². The van der Waals surface area contributed by atoms with Gasteiger partial charge in [-0.1, -0.05) is 24.3 Å². The van der Waals surface area contributed by atoms with E-state index in [1.54, 1.807) is 34.1 Å². The quantitative estimate of drug-likeness (QED) is 0.622. The Balaban J connectivity index is 1.34. The number of aromatic amines is 1. The van der Waals surface area contributed by atoms with Gasteiger partial charge in [0.15, 0.2) is 0 Å². The zero-order chi connectivity index (χ0) is 24.9. The molecule has 2 saturated heterocycles. The number of piperazine rings is 1. The predicted octanol–water partition coefficient (Wildman–Crippen LogP) is 3.49. The highest BCUT2D eigenvalue weighted by Gasteiger charge is 2.48. The van der Waals surface area contributed by atoms with E-state index < -0.39 is 11.4 Å². The normalized spacial score (nSPS) is 19.4. The lowest BCUT2D eigenvalue weighted by molar-refractivity contribution is 0.0125. The van der Waals surface area contributed by atoms with Crippen LogP contribution in [0.4, 0.5) is 9.18 Å². The summed E-state index contributed by atoms with van der Waals surface area (Å²) in [5.41, 5.74) is 0.471. The van der Waals surface area contributed by atoms with Gasteiger partial charge >= 0.3 is 6.09 Å². The number of ether oxygens (including phenoxy) is 1. The molecule has 2 atom stereocenters. The van der Waals surface area contributed by atoms with Gasteiger partial charge in [0.05, 0.1) is 28.7 Å². The first-order chi connectivity index (χ1) is 16.6. The Kier molecular flexibility index (Phi) is 5.57. The van der Waals surface area contributed by atoms with Gasteiger partial charge in [-0.25, -0.2) is 14.3 Å². The molecule has 3 heterocycles. The number of carbonyl (C=O) groups excluding carboxylic acids is 2. The number of likely N-dealkylation sites (tertiary alicyclic amines) is 2. The van der Waals surface area contributed by atoms with Crippen molar-refractivity contribution in [1.29, 1.82) is 0 Å². The monoisotopic (exact) mass is 478 g/mol. The molecule has 1 N–H and O–H groups in total. The molecule has 0 spiro atoms. The predicted molar refractivity (Wildman–Crippen MR) is 128 cm³/mol. The van der Waals surface area contributed by atoms with E-state index in [4.69, 9.17) is 4.74 Å². The Morgan fingerprint density at radius 3 is 2.46 bits per heavy atom. The number of amides is 2. The molecule has 8 nitrogen and oxygen atoms in total. The first kappa shape index (κ1) is 23.0. The van der Waals surface area contributed by atoms with Crippen LogP contribution >= 0.6 is 0 Å². The zero-order valence-electron chi connectivity index (χ0n) is 19.9. The average molecular weight is 479 g/mol. The summed E-state index contributed by atoms with van der Waals surface area (Å²) in [7, 11) is 0. The number of nitrogens with zero attached hydrogens (tertiary/aromatic N) is 3. The van der Waals surface area contributed by atoms with E-state index in [0.29, 0.717) is 48.0 Å². The van der Waals surface area contributed by atoms with E-state index in [-0.39, 0.29) is 35.2 Å². The molecule has 0 radical (unpaired) electrons. The van der Waals surface area contributed by atoms with Crippen LogP contribution in [-0.2, 0) is 11.2 Å². The summed E-state index contributed by atoms with van der Waals surface area (Å²) in [6, 6.07) is 11.3. The molecular weight excluding hydrogens is 451 g/mol. The van der Waals surface area contributed by atoms with Gasteiger partial charge in [-0.3, -0.25) is 9.59 Å². The summed E-state index contributed by atoms with van der Waals surface area (Å²) in [5.74, 6) is -0.982. The van der Waals surface area contributed by atoms with Crippen molar-refractivity contribution in [3.63, 3.8) is 0 Å². The standard InChI is InChI=1S/C26H27FN4O4/c1-26(2,3)35-25(34)31-14-16-12-17(31)13-30(16)24(33)20-10-15(8-9-21(20)27)11-22-18-6-4-5-7-19(18)23(32)29-28-22/h4-10,16-17H,11-14H2,1-3H3,(H,29,32). The maximum atomic E-state index is 14.8. The van der Waals surface area contributed by atoms with Gasteiger partial charge in [-0.2, -0.15) is 5.10 Å². The number of hydrogen-bond donors (Lipinski definition) is 1. The molecule has 0 aliphatic carbocycles. The van der Waals surface area contributed by atoms with Gasteiger partial charge in [-0.05, 0) is 51.0 Å². The second-order valence-corrected chi connectivity index (χ2v) is 10.2. The summed E-state index contributed by atoms with van der Waals surface area (Å²) < 4.78 is 20.2. The molecule has 0 saturated carbocycles. The van der Waals surface area contributed by atoms with Crippen LogP contribution in [0.25, 0.3) is 10.8 Å². The van der Waals surface area contributed by atoms with Gasteiger partial charge in [0, 0.05) is 24.9 Å². The summed E-state index contributed by atoms with van der Waals surface area (Å²) >= 11 is 0. The first-order valence-corrected chi connectivity index (χ1v) is 11.7. The van der Waals surface area contributed by atoms with E-state index in [2.05, 4.69) is 10.2 Å². The molecular formula is C26H27FN4O4. The van der Waals surface area contributed by atoms with Crippen LogP contribution < -0.4 is 5.56 Å². The lowest BCUT2D eigenvalue weighted by Crippen LogP contribution is -2.51. The number of hydrogen-bond acceptors (Lipinski definition) is 5. The molecule has 2 amide bonds. The van der Waals surface area contributed by atoms with Gasteiger partial charge in [0.2, 0.25) is 0 Å². The third kappa shape index (κ3) is 4.38. The molecule has 2 aliphatic rings. The highest BCUT2D eigenvalue weighted by Crippen LogP contribution is 2.33. The van der Waals surface area contributed by atoms with Gasteiger partial charge in [0.25, 0.3) is 11.5 Å². The summed E-state index contributed by atoms with van der Waals surface area (Å²) in [4.78, 5) is 41.2. The van der Waals surface area contributed by atoms with E-state index in [1.807, 2.05) is 32.9 Å². The number of halogens is 1. The number of carbonyl (C=O) groups is 2. The summed E-state index contributed by atoms with van der Waals surface area (Å²) in [5, 5.41) is 7.93. The van der Waals surface area contributed by atoms with Crippen LogP contribution in [0.1, 0.15) is 48.8 Å². The fraction of sp³-hybridized carbons (Fsp3) is 0.385. The van der Waals surface area contributed by atoms with Crippen LogP contribution in [0.15, 0.2) is 47.3 Å². The van der Waals surface area contributed by atoms with E-state index in [1.165, 1.54) is 6.07 Å². The SMILES string of the molecule is CC(C)(C)OC(=O)N1CC2CC1CN2C(=O)c1cc(Cc2n[nH]c(=O)c3ccccc23)ccc1F. The minimum atomic E-state index is -0.593. The molecule has 2 aliphatic heterocycles. The summed E-state index contributed by atoms with van der Waals surface area (Å²) in [6.07, 6.45) is 0.599. The molecule has 3 aromatic rings. The maximum absolute atomic E-state index is 14.8. The Hall–Kier alpha value is -3.75. The minimum Gasteiger partial charge on any atom is -0.444 e. The molecule has 35 heavy (non-hydrogen) atoms. The van der Waals surface area contributed by atoms with Crippen LogP contribution in [0.5, 0.6) is 0 Å². The van der Waals surface area contributed by atoms with Crippen molar-refractivity contribution >= 4 is 22.8 Å². The number of rotatable bonds is 3. The van der Waals surface area contributed by atoms with Crippen LogP contribution in [0.3, 0.4) is 0 Å². The van der Waals surface area contributed by atoms with Crippen LogP contribution in [0.2, 0.25) is 0 Å². The second kappa shape index (κ2) is 8.48. The van der Waals surface area contributed by atoms with Crippen molar-refractivity contribution in [2.45, 2.75) is 51.3 Å². The lowest BCUT2D eigenvalue weighted by atomic mass is 10.0. The van der Waals surface area contributed by atoms with E-state index in [0.717, 1.165) is 0 Å². The van der Waals surface area contributed by atoms with Crippen LogP contribution in [-0.4, -0.2) is 62.8 Å². The third-order valence-corrected chi connectivity index (χ3v) is 6.54. The molecule has 2 aromatic carbocycles. The zero-order valence-corrected chi connectivity index (χ0v) is 19.9. The topological polar surface area (TPSA) is 95.6 Å². The maximum Gasteiger partial charge on any atom is 0.410 e. The third-order valence-electron chi connectivity index (χ3n) is 6.54. The molecule has 2 bridgehead atoms.